The van der Waals surface area contributed by atoms with Crippen LogP contribution in [-0.4, -0.2) is 59.6 Å². The highest BCUT2D eigenvalue weighted by atomic mass is 32.1. The van der Waals surface area contributed by atoms with Crippen LogP contribution in [0.5, 0.6) is 0 Å². The molecule has 2 aromatic heterocycles. The van der Waals surface area contributed by atoms with Gasteiger partial charge in [0.15, 0.2) is 11.7 Å². The molecule has 0 amide bonds. The second-order valence-corrected chi connectivity index (χ2v) is 8.67. The lowest BCUT2D eigenvalue weighted by atomic mass is 10.0. The Morgan fingerprint density at radius 3 is 2.71 bits per heavy atom. The number of rotatable bonds is 6. The van der Waals surface area contributed by atoms with Crippen molar-refractivity contribution in [2.45, 2.75) is 37.2 Å². The molecule has 0 aliphatic carbocycles. The molecule has 11 heteroatoms. The van der Waals surface area contributed by atoms with E-state index in [0.29, 0.717) is 41.8 Å². The Labute approximate surface area is 179 Å². The minimum Gasteiger partial charge on any atom is -0.423 e. The highest BCUT2D eigenvalue weighted by Crippen LogP contribution is 2.43. The standard InChI is InChI=1S/C20H21F3N4O3S/c21-20(22,23)17(29-7-6-28)13-3-4-14(18-24-5-8-31-18)16-15(13)26-19(30-16)27-9-11-1-2-12(10-27)25-11/h3-5,8,11-12,17,25,28H,1-2,6-7,9-10H2. The molecule has 0 saturated carbocycles. The van der Waals surface area contributed by atoms with E-state index in [9.17, 15) is 13.2 Å². The predicted octanol–water partition coefficient (Wildman–Crippen LogP) is 3.50. The molecule has 3 atom stereocenters. The topological polar surface area (TPSA) is 83.7 Å². The third-order valence-corrected chi connectivity index (χ3v) is 6.48. The molecule has 2 bridgehead atoms. The van der Waals surface area contributed by atoms with E-state index >= 15 is 0 Å². The van der Waals surface area contributed by atoms with Gasteiger partial charge in [-0.05, 0) is 18.9 Å². The van der Waals surface area contributed by atoms with E-state index in [1.165, 1.54) is 17.4 Å². The number of benzene rings is 1. The number of oxazole rings is 1. The Kier molecular flexibility index (Phi) is 5.37. The highest BCUT2D eigenvalue weighted by molar-refractivity contribution is 7.13. The lowest BCUT2D eigenvalue weighted by molar-refractivity contribution is -0.225. The summed E-state index contributed by atoms with van der Waals surface area (Å²) in [7, 11) is 0. The van der Waals surface area contributed by atoms with Crippen molar-refractivity contribution >= 4 is 28.5 Å². The number of aliphatic hydroxyl groups excluding tert-OH is 1. The lowest BCUT2D eigenvalue weighted by Gasteiger charge is -2.31. The summed E-state index contributed by atoms with van der Waals surface area (Å²) in [5.41, 5.74) is 0.821. The Morgan fingerprint density at radius 2 is 2.06 bits per heavy atom. The molecule has 3 aromatic rings. The van der Waals surface area contributed by atoms with Gasteiger partial charge in [0.1, 0.15) is 10.5 Å². The molecule has 2 saturated heterocycles. The van der Waals surface area contributed by atoms with Crippen LogP contribution in [0.3, 0.4) is 0 Å². The van der Waals surface area contributed by atoms with E-state index in [2.05, 4.69) is 15.3 Å². The first-order valence-electron chi connectivity index (χ1n) is 10.1. The van der Waals surface area contributed by atoms with Gasteiger partial charge in [-0.15, -0.1) is 11.3 Å². The van der Waals surface area contributed by atoms with Crippen molar-refractivity contribution in [2.75, 3.05) is 31.2 Å². The number of hydrogen-bond acceptors (Lipinski definition) is 8. The van der Waals surface area contributed by atoms with E-state index in [1.807, 2.05) is 4.90 Å². The van der Waals surface area contributed by atoms with Crippen molar-refractivity contribution in [2.24, 2.45) is 0 Å². The molecule has 3 unspecified atom stereocenters. The first-order valence-corrected chi connectivity index (χ1v) is 11.0. The molecule has 31 heavy (non-hydrogen) atoms. The molecule has 0 radical (unpaired) electrons. The van der Waals surface area contributed by atoms with Crippen LogP contribution in [0.25, 0.3) is 21.7 Å². The summed E-state index contributed by atoms with van der Waals surface area (Å²) in [6.45, 7) is 0.427. The molecule has 4 heterocycles. The summed E-state index contributed by atoms with van der Waals surface area (Å²) in [6.07, 6.45) is -3.14. The van der Waals surface area contributed by atoms with Gasteiger partial charge in [0.05, 0.1) is 18.8 Å². The molecule has 0 spiro atoms. The van der Waals surface area contributed by atoms with Crippen molar-refractivity contribution < 1.29 is 27.4 Å². The maximum atomic E-state index is 13.8. The fourth-order valence-corrected chi connectivity index (χ4v) is 5.03. The van der Waals surface area contributed by atoms with E-state index in [-0.39, 0.29) is 16.7 Å². The van der Waals surface area contributed by atoms with E-state index in [0.717, 1.165) is 12.8 Å². The SMILES string of the molecule is OCCOC(c1ccc(-c2nccs2)c2oc(N3CC4CCC(C3)N4)nc12)C(F)(F)F. The first kappa shape index (κ1) is 20.7. The summed E-state index contributed by atoms with van der Waals surface area (Å²) in [6, 6.07) is 3.88. The molecule has 5 rings (SSSR count). The molecule has 2 aliphatic rings. The van der Waals surface area contributed by atoms with Gasteiger partial charge < -0.3 is 24.5 Å². The minimum atomic E-state index is -4.67. The van der Waals surface area contributed by atoms with Crippen molar-refractivity contribution in [1.29, 1.82) is 0 Å². The largest absolute Gasteiger partial charge is 0.423 e. The fraction of sp³-hybridized carbons (Fsp3) is 0.500. The Bertz CT molecular complexity index is 1040. The summed E-state index contributed by atoms with van der Waals surface area (Å²) >= 11 is 1.37. The number of fused-ring (bicyclic) bond motifs is 3. The lowest BCUT2D eigenvalue weighted by Crippen LogP contribution is -2.51. The van der Waals surface area contributed by atoms with Crippen molar-refractivity contribution in [3.05, 3.63) is 29.3 Å². The average Bonchev–Trinajstić information content (AvgIpc) is 3.47. The van der Waals surface area contributed by atoms with Crippen LogP contribution in [0.4, 0.5) is 19.2 Å². The Hall–Kier alpha value is -2.21. The van der Waals surface area contributed by atoms with E-state index < -0.39 is 25.5 Å². The van der Waals surface area contributed by atoms with Crippen LogP contribution >= 0.6 is 11.3 Å². The van der Waals surface area contributed by atoms with E-state index in [4.69, 9.17) is 14.3 Å². The van der Waals surface area contributed by atoms with Crippen molar-refractivity contribution in [1.82, 2.24) is 15.3 Å². The number of anilines is 1. The van der Waals surface area contributed by atoms with Crippen LogP contribution < -0.4 is 10.2 Å². The number of hydrogen-bond donors (Lipinski definition) is 2. The van der Waals surface area contributed by atoms with E-state index in [1.54, 1.807) is 17.6 Å². The molecule has 166 valence electrons. The predicted molar refractivity (Wildman–Crippen MR) is 109 cm³/mol. The number of aromatic nitrogens is 2. The molecule has 2 fully saturated rings. The number of nitrogens with zero attached hydrogens (tertiary/aromatic N) is 3. The van der Waals surface area contributed by atoms with Gasteiger partial charge in [-0.1, -0.05) is 6.07 Å². The number of piperazine rings is 1. The van der Waals surface area contributed by atoms with Gasteiger partial charge in [0.2, 0.25) is 0 Å². The van der Waals surface area contributed by atoms with Gasteiger partial charge in [-0.3, -0.25) is 0 Å². The van der Waals surface area contributed by atoms with Gasteiger partial charge >= 0.3 is 6.18 Å². The smallest absolute Gasteiger partial charge is 0.418 e. The van der Waals surface area contributed by atoms with Crippen molar-refractivity contribution in [3.63, 3.8) is 0 Å². The second-order valence-electron chi connectivity index (χ2n) is 7.77. The Balaban J connectivity index is 1.63. The van der Waals surface area contributed by atoms with Crippen LogP contribution in [0.2, 0.25) is 0 Å². The number of thiazole rings is 1. The van der Waals surface area contributed by atoms with Gasteiger partial charge in [-0.2, -0.15) is 18.2 Å². The maximum absolute atomic E-state index is 13.8. The number of halogens is 3. The molecular formula is C20H21F3N4O3S. The van der Waals surface area contributed by atoms with Crippen LogP contribution in [0.1, 0.15) is 24.5 Å². The van der Waals surface area contributed by atoms with Gasteiger partial charge in [0.25, 0.3) is 6.01 Å². The zero-order valence-electron chi connectivity index (χ0n) is 16.4. The number of aliphatic hydroxyl groups is 1. The quantitative estimate of drug-likeness (QED) is 0.590. The summed E-state index contributed by atoms with van der Waals surface area (Å²) in [4.78, 5) is 10.8. The zero-order chi connectivity index (χ0) is 21.6. The summed E-state index contributed by atoms with van der Waals surface area (Å²) < 4.78 is 52.5. The number of alkyl halides is 3. The monoisotopic (exact) mass is 454 g/mol. The average molecular weight is 454 g/mol. The zero-order valence-corrected chi connectivity index (χ0v) is 17.2. The maximum Gasteiger partial charge on any atom is 0.418 e. The third-order valence-electron chi connectivity index (χ3n) is 5.67. The fourth-order valence-electron chi connectivity index (χ4n) is 4.37. The summed E-state index contributed by atoms with van der Waals surface area (Å²) in [5.74, 6) is 0. The van der Waals surface area contributed by atoms with Gasteiger partial charge in [0, 0.05) is 42.3 Å². The highest BCUT2D eigenvalue weighted by Gasteiger charge is 2.44. The van der Waals surface area contributed by atoms with Crippen LogP contribution in [0, 0.1) is 0 Å². The summed E-state index contributed by atoms with van der Waals surface area (Å²) in [5, 5.41) is 14.9. The molecule has 7 nitrogen and oxygen atoms in total. The normalized spacial score (nSPS) is 22.4. The first-order chi connectivity index (χ1) is 14.9. The molecule has 2 aliphatic heterocycles. The molecule has 2 N–H and O–H groups in total. The number of ether oxygens (including phenoxy) is 1. The second kappa shape index (κ2) is 8.05. The molecular weight excluding hydrogens is 433 g/mol. The van der Waals surface area contributed by atoms with Crippen molar-refractivity contribution in [3.8, 4) is 10.6 Å². The minimum absolute atomic E-state index is 0.105. The Morgan fingerprint density at radius 1 is 1.29 bits per heavy atom. The van der Waals surface area contributed by atoms with Gasteiger partial charge in [-0.25, -0.2) is 4.98 Å². The number of nitrogens with one attached hydrogen (secondary N) is 1. The van der Waals surface area contributed by atoms with Crippen LogP contribution in [0.15, 0.2) is 28.1 Å². The van der Waals surface area contributed by atoms with Crippen LogP contribution in [-0.2, 0) is 4.74 Å². The third kappa shape index (κ3) is 3.91. The molecule has 1 aromatic carbocycles.